The number of aromatic amines is 1. The fourth-order valence-corrected chi connectivity index (χ4v) is 5.61. The van der Waals surface area contributed by atoms with Crippen LogP contribution >= 0.6 is 0 Å². The summed E-state index contributed by atoms with van der Waals surface area (Å²) in [5.74, 6) is 2.37. The maximum Gasteiger partial charge on any atom is 0.165 e. The number of aliphatic hydroxyl groups is 1. The lowest BCUT2D eigenvalue weighted by atomic mass is 9.66. The second-order valence-electron chi connectivity index (χ2n) is 9.74. The largest absolute Gasteiger partial charge is 0.365 e. The molecule has 3 aliphatic carbocycles. The van der Waals surface area contributed by atoms with Crippen molar-refractivity contribution in [3.8, 4) is 12.3 Å². The highest BCUT2D eigenvalue weighted by Crippen LogP contribution is 2.64. The number of ether oxygens (including phenoxy) is 1. The molecule has 3 unspecified atom stereocenters. The van der Waals surface area contributed by atoms with Crippen molar-refractivity contribution in [3.05, 3.63) is 23.5 Å². The SMILES string of the molecule is C.C.C#CCC1(COC(C)(O)C2CCC(C(=NC)c3cc[nH]c3C)CC23CC3)CC1.[HH]. The monoisotopic (exact) mass is 416 g/mol. The summed E-state index contributed by atoms with van der Waals surface area (Å²) >= 11 is 0. The first-order valence-electron chi connectivity index (χ1n) is 10.8. The summed E-state index contributed by atoms with van der Waals surface area (Å²) in [6.07, 6.45) is 16.0. The zero-order valence-corrected chi connectivity index (χ0v) is 17.6. The Morgan fingerprint density at radius 2 is 2.07 bits per heavy atom. The summed E-state index contributed by atoms with van der Waals surface area (Å²) in [6.45, 7) is 4.58. The van der Waals surface area contributed by atoms with E-state index in [1.165, 1.54) is 29.8 Å². The number of H-pyrrole nitrogens is 1. The molecular formula is C26H44N2O2. The lowest BCUT2D eigenvalue weighted by Gasteiger charge is -2.44. The van der Waals surface area contributed by atoms with Gasteiger partial charge in [0, 0.05) is 55.3 Å². The van der Waals surface area contributed by atoms with Gasteiger partial charge in [0.2, 0.25) is 0 Å². The number of nitrogens with zero attached hydrogens (tertiary/aromatic N) is 1. The van der Waals surface area contributed by atoms with Gasteiger partial charge in [-0.15, -0.1) is 12.3 Å². The highest BCUT2D eigenvalue weighted by Gasteiger charge is 2.59. The van der Waals surface area contributed by atoms with Crippen LogP contribution in [-0.2, 0) is 4.74 Å². The molecule has 0 aliphatic heterocycles. The molecule has 1 heterocycles. The Morgan fingerprint density at radius 3 is 2.57 bits per heavy atom. The molecule has 3 aliphatic rings. The molecule has 0 radical (unpaired) electrons. The lowest BCUT2D eigenvalue weighted by molar-refractivity contribution is -0.251. The Morgan fingerprint density at radius 1 is 1.37 bits per heavy atom. The zero-order valence-electron chi connectivity index (χ0n) is 17.6. The average Bonchev–Trinajstić information content (AvgIpc) is 3.56. The van der Waals surface area contributed by atoms with E-state index in [2.05, 4.69) is 28.9 Å². The van der Waals surface area contributed by atoms with E-state index < -0.39 is 5.79 Å². The Hall–Kier alpha value is -1.57. The van der Waals surface area contributed by atoms with Crippen molar-refractivity contribution in [1.82, 2.24) is 4.98 Å². The van der Waals surface area contributed by atoms with E-state index >= 15 is 0 Å². The summed E-state index contributed by atoms with van der Waals surface area (Å²) in [5, 5.41) is 11.3. The van der Waals surface area contributed by atoms with Gasteiger partial charge in [0.25, 0.3) is 0 Å². The number of hydrogen-bond acceptors (Lipinski definition) is 3. The van der Waals surface area contributed by atoms with Crippen molar-refractivity contribution in [2.45, 2.75) is 85.9 Å². The molecule has 2 N–H and O–H groups in total. The van der Waals surface area contributed by atoms with Gasteiger partial charge >= 0.3 is 0 Å². The topological polar surface area (TPSA) is 57.6 Å². The molecule has 0 aromatic carbocycles. The number of aryl methyl sites for hydroxylation is 1. The van der Waals surface area contributed by atoms with Crippen LogP contribution in [0.5, 0.6) is 0 Å². The van der Waals surface area contributed by atoms with Crippen LogP contribution in [0.3, 0.4) is 0 Å². The summed E-state index contributed by atoms with van der Waals surface area (Å²) in [4.78, 5) is 7.96. The fourth-order valence-electron chi connectivity index (χ4n) is 5.61. The molecule has 1 aromatic rings. The predicted octanol–water partition coefficient (Wildman–Crippen LogP) is 5.99. The van der Waals surface area contributed by atoms with E-state index in [0.29, 0.717) is 12.5 Å². The van der Waals surface area contributed by atoms with Gasteiger partial charge in [-0.1, -0.05) is 14.9 Å². The van der Waals surface area contributed by atoms with Crippen LogP contribution in [-0.4, -0.2) is 35.2 Å². The fraction of sp³-hybridized carbons (Fsp3) is 0.731. The molecule has 3 saturated carbocycles. The molecule has 0 saturated heterocycles. The molecule has 3 fully saturated rings. The van der Waals surface area contributed by atoms with Crippen LogP contribution in [0.25, 0.3) is 0 Å². The third-order valence-corrected chi connectivity index (χ3v) is 7.70. The van der Waals surface area contributed by atoms with Gasteiger partial charge in [-0.3, -0.25) is 4.99 Å². The molecule has 30 heavy (non-hydrogen) atoms. The Bertz CT molecular complexity index is 797. The highest BCUT2D eigenvalue weighted by atomic mass is 16.6. The van der Waals surface area contributed by atoms with E-state index in [1.807, 2.05) is 20.2 Å². The molecule has 1 spiro atoms. The van der Waals surface area contributed by atoms with Gasteiger partial charge in [-0.2, -0.15) is 0 Å². The van der Waals surface area contributed by atoms with Crippen LogP contribution in [0, 0.1) is 41.9 Å². The van der Waals surface area contributed by atoms with Crippen LogP contribution in [0.4, 0.5) is 0 Å². The third kappa shape index (κ3) is 4.53. The highest BCUT2D eigenvalue weighted by molar-refractivity contribution is 6.03. The lowest BCUT2D eigenvalue weighted by Crippen LogP contribution is -2.47. The first-order valence-corrected chi connectivity index (χ1v) is 10.8. The van der Waals surface area contributed by atoms with Crippen LogP contribution in [0.1, 0.15) is 85.8 Å². The van der Waals surface area contributed by atoms with Crippen molar-refractivity contribution in [1.29, 1.82) is 0 Å². The minimum Gasteiger partial charge on any atom is -0.365 e. The number of aliphatic imine (C=N–C) groups is 1. The summed E-state index contributed by atoms with van der Waals surface area (Å²) in [5.41, 5.74) is 3.98. The molecule has 4 nitrogen and oxygen atoms in total. The summed E-state index contributed by atoms with van der Waals surface area (Å²) in [7, 11) is 1.91. The molecule has 0 bridgehead atoms. The van der Waals surface area contributed by atoms with E-state index in [9.17, 15) is 5.11 Å². The van der Waals surface area contributed by atoms with Crippen molar-refractivity contribution < 1.29 is 11.3 Å². The summed E-state index contributed by atoms with van der Waals surface area (Å²) in [6, 6.07) is 2.14. The van der Waals surface area contributed by atoms with E-state index in [0.717, 1.165) is 38.5 Å². The number of nitrogens with one attached hydrogen (secondary N) is 1. The normalized spacial score (nSPS) is 27.9. The van der Waals surface area contributed by atoms with Crippen LogP contribution in [0.15, 0.2) is 17.3 Å². The Labute approximate surface area is 185 Å². The van der Waals surface area contributed by atoms with Crippen molar-refractivity contribution in [3.63, 3.8) is 0 Å². The van der Waals surface area contributed by atoms with Crippen molar-refractivity contribution >= 4 is 5.71 Å². The maximum atomic E-state index is 11.3. The molecule has 4 heteroatoms. The van der Waals surface area contributed by atoms with Gasteiger partial charge in [-0.25, -0.2) is 0 Å². The van der Waals surface area contributed by atoms with Crippen molar-refractivity contribution in [2.75, 3.05) is 13.7 Å². The minimum atomic E-state index is -1.07. The zero-order chi connectivity index (χ0) is 20.0. The first-order chi connectivity index (χ1) is 13.3. The van der Waals surface area contributed by atoms with E-state index in [4.69, 9.17) is 11.2 Å². The Kier molecular flexibility index (Phi) is 7.32. The van der Waals surface area contributed by atoms with E-state index in [1.54, 1.807) is 0 Å². The van der Waals surface area contributed by atoms with Gasteiger partial charge < -0.3 is 14.8 Å². The number of terminal acetylenes is 1. The molecule has 3 atom stereocenters. The number of rotatable bonds is 7. The van der Waals surface area contributed by atoms with E-state index in [-0.39, 0.29) is 33.0 Å². The standard InChI is InChI=1S/C24H34N2O2.2CH4.H2/c1-5-9-23(10-11-23)16-28-22(3,27)20-7-6-18(15-24(20)12-13-24)21(25-4)19-8-14-26-17(19)2;;;/h1,8,14,18,20,26-27H,6-7,9-13,15-16H2,2-4H3;2*1H4;1H. The first kappa shape index (κ1) is 24.7. The minimum absolute atomic E-state index is 0. The summed E-state index contributed by atoms with van der Waals surface area (Å²) < 4.78 is 6.16. The third-order valence-electron chi connectivity index (χ3n) is 7.70. The quantitative estimate of drug-likeness (QED) is 0.326. The average molecular weight is 417 g/mol. The second-order valence-corrected chi connectivity index (χ2v) is 9.74. The number of aromatic nitrogens is 1. The van der Waals surface area contributed by atoms with Gasteiger partial charge in [-0.05, 0) is 70.3 Å². The predicted molar refractivity (Wildman–Crippen MR) is 128 cm³/mol. The molecular weight excluding hydrogens is 372 g/mol. The van der Waals surface area contributed by atoms with Crippen molar-refractivity contribution in [2.24, 2.45) is 27.7 Å². The maximum absolute atomic E-state index is 11.3. The van der Waals surface area contributed by atoms with Gasteiger partial charge in [0.15, 0.2) is 5.79 Å². The van der Waals surface area contributed by atoms with Crippen LogP contribution in [0.2, 0.25) is 0 Å². The molecule has 1 aromatic heterocycles. The number of hydrogen-bond donors (Lipinski definition) is 2. The second kappa shape index (κ2) is 8.89. The Balaban J connectivity index is 0.00000160. The molecule has 0 amide bonds. The molecule has 4 rings (SSSR count). The van der Waals surface area contributed by atoms with Gasteiger partial charge in [0.05, 0.1) is 6.61 Å². The van der Waals surface area contributed by atoms with Crippen LogP contribution < -0.4 is 0 Å². The smallest absolute Gasteiger partial charge is 0.165 e. The molecule has 170 valence electrons. The van der Waals surface area contributed by atoms with Gasteiger partial charge in [0.1, 0.15) is 0 Å².